The van der Waals surface area contributed by atoms with Crippen molar-refractivity contribution in [3.8, 4) is 32.7 Å². The molecule has 2 heteroatoms. The van der Waals surface area contributed by atoms with Gasteiger partial charge in [0.1, 0.15) is 11.2 Å². The van der Waals surface area contributed by atoms with Gasteiger partial charge in [0.25, 0.3) is 0 Å². The van der Waals surface area contributed by atoms with Crippen molar-refractivity contribution in [2.75, 3.05) is 0 Å². The Balaban J connectivity index is 1.30. The molecule has 0 aliphatic carbocycles. The zero-order chi connectivity index (χ0) is 30.2. The highest BCUT2D eigenvalue weighted by atomic mass is 32.1. The number of fused-ring (bicyclic) bond motifs is 7. The fourth-order valence-corrected chi connectivity index (χ4v) is 8.54. The van der Waals surface area contributed by atoms with Crippen molar-refractivity contribution in [2.24, 2.45) is 0 Å². The van der Waals surface area contributed by atoms with Gasteiger partial charge < -0.3 is 4.42 Å². The van der Waals surface area contributed by atoms with Gasteiger partial charge in [0.2, 0.25) is 0 Å². The molecule has 10 aromatic rings. The number of thiophene rings is 1. The lowest BCUT2D eigenvalue weighted by atomic mass is 9.84. The van der Waals surface area contributed by atoms with E-state index in [2.05, 4.69) is 158 Å². The maximum atomic E-state index is 6.61. The summed E-state index contributed by atoms with van der Waals surface area (Å²) < 4.78 is 7.85. The van der Waals surface area contributed by atoms with E-state index in [9.17, 15) is 0 Å². The molecule has 8 aromatic carbocycles. The topological polar surface area (TPSA) is 13.1 Å². The monoisotopic (exact) mass is 602 g/mol. The van der Waals surface area contributed by atoms with E-state index in [1.165, 1.54) is 80.5 Å². The van der Waals surface area contributed by atoms with Gasteiger partial charge in [-0.1, -0.05) is 133 Å². The minimum Gasteiger partial charge on any atom is -0.456 e. The van der Waals surface area contributed by atoms with Crippen molar-refractivity contribution in [1.82, 2.24) is 0 Å². The average molecular weight is 603 g/mol. The zero-order valence-electron chi connectivity index (χ0n) is 24.8. The van der Waals surface area contributed by atoms with Crippen molar-refractivity contribution < 1.29 is 4.42 Å². The highest BCUT2D eigenvalue weighted by molar-refractivity contribution is 7.22. The Morgan fingerprint density at radius 1 is 0.391 bits per heavy atom. The predicted molar refractivity (Wildman–Crippen MR) is 198 cm³/mol. The van der Waals surface area contributed by atoms with Crippen LogP contribution in [0.1, 0.15) is 0 Å². The molecule has 2 heterocycles. The van der Waals surface area contributed by atoms with Gasteiger partial charge in [0.05, 0.1) is 0 Å². The smallest absolute Gasteiger partial charge is 0.136 e. The quantitative estimate of drug-likeness (QED) is 0.183. The molecule has 10 rings (SSSR count). The summed E-state index contributed by atoms with van der Waals surface area (Å²) >= 11 is 1.82. The third-order valence-electron chi connectivity index (χ3n) is 9.45. The van der Waals surface area contributed by atoms with Gasteiger partial charge in [-0.25, -0.2) is 0 Å². The van der Waals surface area contributed by atoms with Crippen LogP contribution in [0.5, 0.6) is 0 Å². The number of rotatable bonds is 3. The number of furan rings is 1. The largest absolute Gasteiger partial charge is 0.456 e. The molecule has 2 aromatic heterocycles. The van der Waals surface area contributed by atoms with Crippen molar-refractivity contribution >= 4 is 75.7 Å². The van der Waals surface area contributed by atoms with Gasteiger partial charge in [-0.15, -0.1) is 11.3 Å². The van der Waals surface area contributed by atoms with Gasteiger partial charge >= 0.3 is 0 Å². The lowest BCUT2D eigenvalue weighted by Crippen LogP contribution is -1.92. The van der Waals surface area contributed by atoms with Crippen LogP contribution in [0.2, 0.25) is 0 Å². The Hall–Kier alpha value is -5.70. The normalized spacial score (nSPS) is 11.9. The molecule has 0 unspecified atom stereocenters. The highest BCUT2D eigenvalue weighted by Crippen LogP contribution is 2.48. The number of hydrogen-bond acceptors (Lipinski definition) is 2. The SMILES string of the molecule is c1ccc(-c2cc3cc4c(cc3s2)oc2cccc(-c3c5ccccc5c(-c5cccc6ccccc56)c5ccccc35)c24)cc1. The van der Waals surface area contributed by atoms with E-state index in [1.807, 2.05) is 11.3 Å². The second-order valence-corrected chi connectivity index (χ2v) is 13.1. The van der Waals surface area contributed by atoms with Crippen molar-refractivity contribution in [3.05, 3.63) is 158 Å². The van der Waals surface area contributed by atoms with Crippen LogP contribution in [0.3, 0.4) is 0 Å². The van der Waals surface area contributed by atoms with Crippen molar-refractivity contribution in [2.45, 2.75) is 0 Å². The Morgan fingerprint density at radius 2 is 0.978 bits per heavy atom. The van der Waals surface area contributed by atoms with Gasteiger partial charge in [0.15, 0.2) is 0 Å². The summed E-state index contributed by atoms with van der Waals surface area (Å²) in [4.78, 5) is 1.27. The van der Waals surface area contributed by atoms with Crippen LogP contribution in [-0.4, -0.2) is 0 Å². The summed E-state index contributed by atoms with van der Waals surface area (Å²) in [6.07, 6.45) is 0. The summed E-state index contributed by atoms with van der Waals surface area (Å²) in [5, 5.41) is 11.1. The van der Waals surface area contributed by atoms with E-state index in [0.29, 0.717) is 0 Å². The molecule has 0 spiro atoms. The first-order chi connectivity index (χ1) is 22.8. The lowest BCUT2D eigenvalue weighted by Gasteiger charge is -2.19. The second kappa shape index (κ2) is 9.90. The van der Waals surface area contributed by atoms with Crippen LogP contribution in [-0.2, 0) is 0 Å². The van der Waals surface area contributed by atoms with Crippen LogP contribution in [0, 0.1) is 0 Å². The summed E-state index contributed by atoms with van der Waals surface area (Å²) in [6.45, 7) is 0. The number of hydrogen-bond donors (Lipinski definition) is 0. The molecule has 46 heavy (non-hydrogen) atoms. The first-order valence-corrected chi connectivity index (χ1v) is 16.5. The molecule has 214 valence electrons. The van der Waals surface area contributed by atoms with Crippen LogP contribution in [0.15, 0.2) is 162 Å². The van der Waals surface area contributed by atoms with Gasteiger partial charge in [-0.05, 0) is 89.8 Å². The van der Waals surface area contributed by atoms with E-state index in [1.54, 1.807) is 0 Å². The Morgan fingerprint density at radius 3 is 1.72 bits per heavy atom. The Kier molecular flexibility index (Phi) is 5.51. The molecule has 0 fully saturated rings. The average Bonchev–Trinajstić information content (AvgIpc) is 3.70. The fraction of sp³-hybridized carbons (Fsp3) is 0. The first-order valence-electron chi connectivity index (χ1n) is 15.7. The first kappa shape index (κ1) is 25.6. The van der Waals surface area contributed by atoms with Crippen molar-refractivity contribution in [3.63, 3.8) is 0 Å². The maximum absolute atomic E-state index is 6.61. The minimum atomic E-state index is 0.916. The standard InChI is InChI=1S/C44H26OS/c1-2-13-28(14-3-1)40-25-29-24-37-39(26-41(29)46-40)45-38-23-11-22-36(44(37)38)43-34-19-8-6-17-32(34)42(33-18-7-9-20-35(33)43)31-21-10-15-27-12-4-5-16-30(27)31/h1-26H. The van der Waals surface area contributed by atoms with Gasteiger partial charge in [-0.3, -0.25) is 0 Å². The van der Waals surface area contributed by atoms with E-state index in [0.717, 1.165) is 16.6 Å². The Bertz CT molecular complexity index is 2740. The third kappa shape index (κ3) is 3.74. The Labute approximate surface area is 269 Å². The second-order valence-electron chi connectivity index (χ2n) is 12.0. The molecule has 0 saturated heterocycles. The molecule has 1 nitrogen and oxygen atoms in total. The number of benzene rings is 8. The molecule has 0 aliphatic rings. The van der Waals surface area contributed by atoms with Gasteiger partial charge in [0, 0.05) is 20.3 Å². The lowest BCUT2D eigenvalue weighted by molar-refractivity contribution is 0.669. The predicted octanol–water partition coefficient (Wildman–Crippen LogP) is 13.3. The molecule has 0 saturated carbocycles. The van der Waals surface area contributed by atoms with E-state index >= 15 is 0 Å². The fourth-order valence-electron chi connectivity index (χ4n) is 7.47. The molecule has 0 aliphatic heterocycles. The molecule has 0 atom stereocenters. The molecular weight excluding hydrogens is 577 g/mol. The molecule has 0 radical (unpaired) electrons. The van der Waals surface area contributed by atoms with E-state index in [-0.39, 0.29) is 0 Å². The molecule has 0 amide bonds. The van der Waals surface area contributed by atoms with Crippen molar-refractivity contribution in [1.29, 1.82) is 0 Å². The van der Waals surface area contributed by atoms with Gasteiger partial charge in [-0.2, -0.15) is 0 Å². The molecule has 0 bridgehead atoms. The third-order valence-corrected chi connectivity index (χ3v) is 10.6. The van der Waals surface area contributed by atoms with Crippen LogP contribution < -0.4 is 0 Å². The molecular formula is C44H26OS. The summed E-state index contributed by atoms with van der Waals surface area (Å²) in [7, 11) is 0. The molecule has 0 N–H and O–H groups in total. The van der Waals surface area contributed by atoms with Crippen LogP contribution in [0.25, 0.3) is 97.0 Å². The highest BCUT2D eigenvalue weighted by Gasteiger charge is 2.21. The maximum Gasteiger partial charge on any atom is 0.136 e. The minimum absolute atomic E-state index is 0.916. The van der Waals surface area contributed by atoms with E-state index < -0.39 is 0 Å². The summed E-state index contributed by atoms with van der Waals surface area (Å²) in [5.74, 6) is 0. The summed E-state index contributed by atoms with van der Waals surface area (Å²) in [6, 6.07) is 57.2. The van der Waals surface area contributed by atoms with Crippen LogP contribution >= 0.6 is 11.3 Å². The summed E-state index contributed by atoms with van der Waals surface area (Å²) in [5.41, 5.74) is 8.08. The van der Waals surface area contributed by atoms with Crippen LogP contribution in [0.4, 0.5) is 0 Å². The van der Waals surface area contributed by atoms with E-state index in [4.69, 9.17) is 4.42 Å². The zero-order valence-corrected chi connectivity index (χ0v) is 25.6.